The molecule has 3 rings (SSSR count). The molecule has 18 heavy (non-hydrogen) atoms. The highest BCUT2D eigenvalue weighted by Gasteiger charge is 2.50. The maximum absolute atomic E-state index is 6.50. The van der Waals surface area contributed by atoms with Crippen LogP contribution in [0.5, 0.6) is 0 Å². The summed E-state index contributed by atoms with van der Waals surface area (Å²) in [4.78, 5) is 0. The Morgan fingerprint density at radius 3 is 2.56 bits per heavy atom. The summed E-state index contributed by atoms with van der Waals surface area (Å²) in [6, 6.07) is 2.20. The summed E-state index contributed by atoms with van der Waals surface area (Å²) in [7, 11) is 0. The van der Waals surface area contributed by atoms with Crippen LogP contribution < -0.4 is 0 Å². The first-order chi connectivity index (χ1) is 8.49. The Morgan fingerprint density at radius 2 is 2.00 bits per heavy atom. The van der Waals surface area contributed by atoms with Gasteiger partial charge in [-0.2, -0.15) is 11.3 Å². The SMILES string of the molecule is CC1C2CC(OC(C)(C)c3ccsc3)C(C2)C1C. The van der Waals surface area contributed by atoms with Gasteiger partial charge in [0.25, 0.3) is 0 Å². The molecule has 2 aliphatic rings. The number of ether oxygens (including phenoxy) is 1. The number of rotatable bonds is 3. The van der Waals surface area contributed by atoms with Crippen molar-refractivity contribution in [2.75, 3.05) is 0 Å². The summed E-state index contributed by atoms with van der Waals surface area (Å²) in [5.41, 5.74) is 1.20. The fourth-order valence-corrected chi connectivity index (χ4v) is 4.87. The van der Waals surface area contributed by atoms with E-state index in [0.29, 0.717) is 6.10 Å². The molecule has 1 heterocycles. The molecular weight excluding hydrogens is 240 g/mol. The molecule has 0 aliphatic heterocycles. The Labute approximate surface area is 115 Å². The van der Waals surface area contributed by atoms with E-state index >= 15 is 0 Å². The summed E-state index contributed by atoms with van der Waals surface area (Å²) in [6.07, 6.45) is 3.16. The molecule has 1 aromatic heterocycles. The van der Waals surface area contributed by atoms with Crippen LogP contribution in [0.25, 0.3) is 0 Å². The number of fused-ring (bicyclic) bond motifs is 2. The standard InChI is InChI=1S/C16H24OS/c1-10-11(2)14-7-12(10)8-15(14)17-16(3,4)13-5-6-18-9-13/h5-6,9-12,14-15H,7-8H2,1-4H3. The van der Waals surface area contributed by atoms with Crippen LogP contribution >= 0.6 is 11.3 Å². The molecule has 1 nitrogen and oxygen atoms in total. The fourth-order valence-electron chi connectivity index (χ4n) is 4.06. The third kappa shape index (κ3) is 1.94. The fraction of sp³-hybridized carbons (Fsp3) is 0.750. The highest BCUT2D eigenvalue weighted by Crippen LogP contribution is 2.54. The lowest BCUT2D eigenvalue weighted by atomic mass is 9.80. The third-order valence-electron chi connectivity index (χ3n) is 5.50. The van der Waals surface area contributed by atoms with Crippen LogP contribution in [-0.2, 0) is 10.3 Å². The smallest absolute Gasteiger partial charge is 0.0887 e. The zero-order valence-corrected chi connectivity index (χ0v) is 12.7. The molecule has 2 heteroatoms. The molecule has 0 amide bonds. The van der Waals surface area contributed by atoms with Crippen LogP contribution in [0.4, 0.5) is 0 Å². The first-order valence-electron chi connectivity index (χ1n) is 7.19. The zero-order chi connectivity index (χ0) is 12.9. The molecule has 0 spiro atoms. The number of hydrogen-bond donors (Lipinski definition) is 0. The summed E-state index contributed by atoms with van der Waals surface area (Å²) >= 11 is 1.76. The van der Waals surface area contributed by atoms with E-state index in [1.54, 1.807) is 11.3 Å². The average molecular weight is 264 g/mol. The van der Waals surface area contributed by atoms with E-state index < -0.39 is 0 Å². The van der Waals surface area contributed by atoms with Crippen molar-refractivity contribution in [2.24, 2.45) is 23.7 Å². The number of hydrogen-bond acceptors (Lipinski definition) is 2. The second kappa shape index (κ2) is 4.35. The molecule has 5 atom stereocenters. The zero-order valence-electron chi connectivity index (χ0n) is 11.8. The van der Waals surface area contributed by atoms with Gasteiger partial charge in [-0.1, -0.05) is 13.8 Å². The Bertz CT molecular complexity index is 407. The van der Waals surface area contributed by atoms with Crippen LogP contribution in [0.2, 0.25) is 0 Å². The molecule has 5 unspecified atom stereocenters. The third-order valence-corrected chi connectivity index (χ3v) is 6.18. The first kappa shape index (κ1) is 12.7. The van der Waals surface area contributed by atoms with E-state index in [0.717, 1.165) is 23.7 Å². The predicted molar refractivity (Wildman–Crippen MR) is 76.8 cm³/mol. The quantitative estimate of drug-likeness (QED) is 0.770. The summed E-state index contributed by atoms with van der Waals surface area (Å²) in [5, 5.41) is 4.37. The van der Waals surface area contributed by atoms with Crippen LogP contribution in [0, 0.1) is 23.7 Å². The highest BCUT2D eigenvalue weighted by molar-refractivity contribution is 7.08. The molecule has 0 saturated heterocycles. The molecule has 2 fully saturated rings. The normalized spacial score (nSPS) is 39.4. The highest BCUT2D eigenvalue weighted by atomic mass is 32.1. The Morgan fingerprint density at radius 1 is 1.22 bits per heavy atom. The van der Waals surface area contributed by atoms with E-state index in [-0.39, 0.29) is 5.60 Å². The first-order valence-corrected chi connectivity index (χ1v) is 8.14. The molecule has 0 radical (unpaired) electrons. The molecule has 0 N–H and O–H groups in total. The van der Waals surface area contributed by atoms with Gasteiger partial charge in [-0.25, -0.2) is 0 Å². The largest absolute Gasteiger partial charge is 0.367 e. The second-order valence-corrected chi connectivity index (χ2v) is 7.57. The topological polar surface area (TPSA) is 9.23 Å². The molecule has 2 aliphatic carbocycles. The van der Waals surface area contributed by atoms with Crippen LogP contribution in [0.1, 0.15) is 46.1 Å². The van der Waals surface area contributed by atoms with Gasteiger partial charge in [0.05, 0.1) is 11.7 Å². The molecule has 1 aromatic rings. The molecular formula is C16H24OS. The van der Waals surface area contributed by atoms with Crippen LogP contribution in [0.15, 0.2) is 16.8 Å². The van der Waals surface area contributed by atoms with Crippen molar-refractivity contribution < 1.29 is 4.74 Å². The van der Waals surface area contributed by atoms with Gasteiger partial charge in [0.2, 0.25) is 0 Å². The monoisotopic (exact) mass is 264 g/mol. The Balaban J connectivity index is 1.72. The Hall–Kier alpha value is -0.340. The van der Waals surface area contributed by atoms with Gasteiger partial charge in [-0.15, -0.1) is 0 Å². The number of thiophene rings is 1. The van der Waals surface area contributed by atoms with Gasteiger partial charge in [-0.05, 0) is 72.8 Å². The average Bonchev–Trinajstić information content (AvgIpc) is 2.98. The molecule has 2 bridgehead atoms. The van der Waals surface area contributed by atoms with Gasteiger partial charge in [0.15, 0.2) is 0 Å². The lowest BCUT2D eigenvalue weighted by Crippen LogP contribution is -2.36. The predicted octanol–water partition coefficient (Wildman–Crippen LogP) is 4.68. The summed E-state index contributed by atoms with van der Waals surface area (Å²) < 4.78 is 6.50. The van der Waals surface area contributed by atoms with E-state index in [1.807, 2.05) is 0 Å². The van der Waals surface area contributed by atoms with Gasteiger partial charge in [0, 0.05) is 0 Å². The van der Waals surface area contributed by atoms with E-state index in [2.05, 4.69) is 44.5 Å². The van der Waals surface area contributed by atoms with Gasteiger partial charge in [0.1, 0.15) is 0 Å². The van der Waals surface area contributed by atoms with Gasteiger partial charge in [-0.3, -0.25) is 0 Å². The van der Waals surface area contributed by atoms with Crippen molar-refractivity contribution in [3.05, 3.63) is 22.4 Å². The lowest BCUT2D eigenvalue weighted by Gasteiger charge is -2.37. The van der Waals surface area contributed by atoms with Crippen molar-refractivity contribution in [2.45, 2.75) is 52.2 Å². The Kier molecular flexibility index (Phi) is 3.06. The molecule has 100 valence electrons. The minimum absolute atomic E-state index is 0.127. The lowest BCUT2D eigenvalue weighted by molar-refractivity contribution is -0.109. The van der Waals surface area contributed by atoms with Gasteiger partial charge < -0.3 is 4.74 Å². The van der Waals surface area contributed by atoms with E-state index in [4.69, 9.17) is 4.74 Å². The summed E-state index contributed by atoms with van der Waals surface area (Å²) in [5.74, 6) is 3.45. The van der Waals surface area contributed by atoms with E-state index in [1.165, 1.54) is 18.4 Å². The van der Waals surface area contributed by atoms with Crippen molar-refractivity contribution in [1.82, 2.24) is 0 Å². The molecule has 2 saturated carbocycles. The minimum atomic E-state index is -0.127. The second-order valence-electron chi connectivity index (χ2n) is 6.79. The van der Waals surface area contributed by atoms with Crippen molar-refractivity contribution in [1.29, 1.82) is 0 Å². The minimum Gasteiger partial charge on any atom is -0.367 e. The van der Waals surface area contributed by atoms with Gasteiger partial charge >= 0.3 is 0 Å². The summed E-state index contributed by atoms with van der Waals surface area (Å²) in [6.45, 7) is 9.28. The maximum atomic E-state index is 6.50. The van der Waals surface area contributed by atoms with Crippen molar-refractivity contribution in [3.8, 4) is 0 Å². The van der Waals surface area contributed by atoms with Crippen molar-refractivity contribution in [3.63, 3.8) is 0 Å². The van der Waals surface area contributed by atoms with Crippen LogP contribution in [-0.4, -0.2) is 6.10 Å². The van der Waals surface area contributed by atoms with Crippen molar-refractivity contribution >= 4 is 11.3 Å². The maximum Gasteiger partial charge on any atom is 0.0887 e. The van der Waals surface area contributed by atoms with E-state index in [9.17, 15) is 0 Å². The molecule has 0 aromatic carbocycles. The van der Waals surface area contributed by atoms with Crippen LogP contribution in [0.3, 0.4) is 0 Å².